The third kappa shape index (κ3) is 3.71. The highest BCUT2D eigenvalue weighted by Crippen LogP contribution is 2.17. The largest absolute Gasteiger partial charge is 0.497 e. The van der Waals surface area contributed by atoms with Crippen molar-refractivity contribution in [3.63, 3.8) is 0 Å². The topological polar surface area (TPSA) is 68.5 Å². The molecular weight excluding hydrogens is 258 g/mol. The third-order valence-electron chi connectivity index (χ3n) is 2.73. The molecule has 0 aliphatic carbocycles. The van der Waals surface area contributed by atoms with Crippen molar-refractivity contribution < 1.29 is 18.7 Å². The Morgan fingerprint density at radius 1 is 1.20 bits per heavy atom. The molecule has 1 N–H and O–H groups in total. The quantitative estimate of drug-likeness (QED) is 0.822. The molecule has 5 nitrogen and oxygen atoms in total. The average molecular weight is 273 g/mol. The van der Waals surface area contributed by atoms with Crippen LogP contribution in [0.1, 0.15) is 23.4 Å². The smallest absolute Gasteiger partial charge is 0.224 e. The Balaban J connectivity index is 1.85. The van der Waals surface area contributed by atoms with Crippen molar-refractivity contribution in [2.45, 2.75) is 12.8 Å². The van der Waals surface area contributed by atoms with Crippen molar-refractivity contribution in [1.82, 2.24) is 0 Å². The molecule has 0 aliphatic rings. The third-order valence-corrected chi connectivity index (χ3v) is 2.73. The van der Waals surface area contributed by atoms with Crippen LogP contribution in [0.3, 0.4) is 0 Å². The van der Waals surface area contributed by atoms with E-state index < -0.39 is 0 Å². The maximum absolute atomic E-state index is 11.8. The lowest BCUT2D eigenvalue weighted by atomic mass is 10.1. The second-order valence-corrected chi connectivity index (χ2v) is 4.18. The van der Waals surface area contributed by atoms with Gasteiger partial charge in [-0.3, -0.25) is 9.59 Å². The van der Waals surface area contributed by atoms with Crippen LogP contribution in [0.2, 0.25) is 0 Å². The van der Waals surface area contributed by atoms with Crippen LogP contribution in [-0.4, -0.2) is 18.8 Å². The zero-order valence-corrected chi connectivity index (χ0v) is 11.1. The molecule has 0 bridgehead atoms. The lowest BCUT2D eigenvalue weighted by Crippen LogP contribution is -2.13. The van der Waals surface area contributed by atoms with Crippen molar-refractivity contribution in [2.75, 3.05) is 12.4 Å². The molecule has 1 heterocycles. The maximum atomic E-state index is 11.8. The molecule has 1 amide bonds. The molecule has 0 fully saturated rings. The van der Waals surface area contributed by atoms with Crippen LogP contribution in [0.5, 0.6) is 5.75 Å². The molecule has 5 heteroatoms. The second kappa shape index (κ2) is 6.56. The number of furan rings is 1. The standard InChI is InChI=1S/C15H15NO4/c1-19-12-5-2-4-11(10-12)16-15(18)8-7-13(17)14-6-3-9-20-14/h2-6,9-10H,7-8H2,1H3,(H,16,18). The number of rotatable bonds is 6. The summed E-state index contributed by atoms with van der Waals surface area (Å²) in [6.45, 7) is 0. The number of amides is 1. The van der Waals surface area contributed by atoms with E-state index in [4.69, 9.17) is 9.15 Å². The Hall–Kier alpha value is -2.56. The number of hydrogen-bond donors (Lipinski definition) is 1. The van der Waals surface area contributed by atoms with E-state index in [1.807, 2.05) is 0 Å². The van der Waals surface area contributed by atoms with Gasteiger partial charge in [0.1, 0.15) is 5.75 Å². The van der Waals surface area contributed by atoms with Crippen LogP contribution in [0.25, 0.3) is 0 Å². The molecule has 0 spiro atoms. The highest BCUT2D eigenvalue weighted by Gasteiger charge is 2.11. The molecular formula is C15H15NO4. The lowest BCUT2D eigenvalue weighted by Gasteiger charge is -2.06. The summed E-state index contributed by atoms with van der Waals surface area (Å²) < 4.78 is 10.0. The number of carbonyl (C=O) groups is 2. The van der Waals surface area contributed by atoms with E-state index in [9.17, 15) is 9.59 Å². The van der Waals surface area contributed by atoms with Gasteiger partial charge < -0.3 is 14.5 Å². The first-order chi connectivity index (χ1) is 9.69. The molecule has 1 aromatic carbocycles. The fraction of sp³-hybridized carbons (Fsp3) is 0.200. The summed E-state index contributed by atoms with van der Waals surface area (Å²) in [6, 6.07) is 10.3. The van der Waals surface area contributed by atoms with Crippen molar-refractivity contribution in [2.24, 2.45) is 0 Å². The summed E-state index contributed by atoms with van der Waals surface area (Å²) in [7, 11) is 1.56. The molecule has 1 aromatic heterocycles. The van der Waals surface area contributed by atoms with E-state index in [0.717, 1.165) is 0 Å². The molecule has 0 radical (unpaired) electrons. The minimum absolute atomic E-state index is 0.108. The molecule has 2 aromatic rings. The summed E-state index contributed by atoms with van der Waals surface area (Å²) in [5, 5.41) is 2.72. The predicted molar refractivity (Wildman–Crippen MR) is 73.9 cm³/mol. The highest BCUT2D eigenvalue weighted by atomic mass is 16.5. The number of Topliss-reactive ketones (excluding diaryl/α,β-unsaturated/α-hetero) is 1. The molecule has 0 saturated heterocycles. The Morgan fingerprint density at radius 2 is 2.05 bits per heavy atom. The Bertz CT molecular complexity index is 590. The lowest BCUT2D eigenvalue weighted by molar-refractivity contribution is -0.116. The van der Waals surface area contributed by atoms with E-state index >= 15 is 0 Å². The van der Waals surface area contributed by atoms with Crippen LogP contribution in [0, 0.1) is 0 Å². The molecule has 104 valence electrons. The van der Waals surface area contributed by atoms with Crippen LogP contribution >= 0.6 is 0 Å². The first-order valence-electron chi connectivity index (χ1n) is 6.19. The van der Waals surface area contributed by atoms with E-state index in [2.05, 4.69) is 5.32 Å². The van der Waals surface area contributed by atoms with Gasteiger partial charge >= 0.3 is 0 Å². The second-order valence-electron chi connectivity index (χ2n) is 4.18. The van der Waals surface area contributed by atoms with Gasteiger partial charge in [0.05, 0.1) is 13.4 Å². The zero-order valence-electron chi connectivity index (χ0n) is 11.1. The van der Waals surface area contributed by atoms with Gasteiger partial charge in [0, 0.05) is 24.6 Å². The number of methoxy groups -OCH3 is 1. The predicted octanol–water partition coefficient (Wildman–Crippen LogP) is 2.89. The van der Waals surface area contributed by atoms with Gasteiger partial charge in [-0.15, -0.1) is 0 Å². The van der Waals surface area contributed by atoms with Crippen LogP contribution in [-0.2, 0) is 4.79 Å². The van der Waals surface area contributed by atoms with E-state index in [1.54, 1.807) is 43.5 Å². The fourth-order valence-electron chi connectivity index (χ4n) is 1.71. The maximum Gasteiger partial charge on any atom is 0.224 e. The first-order valence-corrected chi connectivity index (χ1v) is 6.19. The molecule has 20 heavy (non-hydrogen) atoms. The Morgan fingerprint density at radius 3 is 2.75 bits per heavy atom. The summed E-state index contributed by atoms with van der Waals surface area (Å²) in [4.78, 5) is 23.4. The van der Waals surface area contributed by atoms with E-state index in [0.29, 0.717) is 11.4 Å². The van der Waals surface area contributed by atoms with Crippen LogP contribution in [0.15, 0.2) is 47.1 Å². The summed E-state index contributed by atoms with van der Waals surface area (Å²) in [5.41, 5.74) is 0.639. The molecule has 0 unspecified atom stereocenters. The van der Waals surface area contributed by atoms with Gasteiger partial charge in [0.25, 0.3) is 0 Å². The number of ether oxygens (including phenoxy) is 1. The van der Waals surface area contributed by atoms with Crippen molar-refractivity contribution >= 4 is 17.4 Å². The SMILES string of the molecule is COc1cccc(NC(=O)CCC(=O)c2ccco2)c1. The van der Waals surface area contributed by atoms with Gasteiger partial charge in [-0.05, 0) is 24.3 Å². The number of carbonyl (C=O) groups excluding carboxylic acids is 2. The van der Waals surface area contributed by atoms with Gasteiger partial charge in [0.15, 0.2) is 11.5 Å². The molecule has 0 atom stereocenters. The fourth-order valence-corrected chi connectivity index (χ4v) is 1.71. The normalized spacial score (nSPS) is 10.1. The summed E-state index contributed by atoms with van der Waals surface area (Å²) in [5.74, 6) is 0.530. The Kier molecular flexibility index (Phi) is 4.55. The first kappa shape index (κ1) is 13.9. The highest BCUT2D eigenvalue weighted by molar-refractivity contribution is 5.98. The molecule has 0 aliphatic heterocycles. The van der Waals surface area contributed by atoms with Crippen LogP contribution < -0.4 is 10.1 Å². The van der Waals surface area contributed by atoms with E-state index in [-0.39, 0.29) is 30.3 Å². The molecule has 2 rings (SSSR count). The number of hydrogen-bond acceptors (Lipinski definition) is 4. The Labute approximate surface area is 116 Å². The minimum Gasteiger partial charge on any atom is -0.497 e. The molecule has 0 saturated carbocycles. The zero-order chi connectivity index (χ0) is 14.4. The van der Waals surface area contributed by atoms with Gasteiger partial charge in [-0.2, -0.15) is 0 Å². The van der Waals surface area contributed by atoms with Gasteiger partial charge in [0.2, 0.25) is 5.91 Å². The van der Waals surface area contributed by atoms with Gasteiger partial charge in [-0.1, -0.05) is 6.07 Å². The van der Waals surface area contributed by atoms with E-state index in [1.165, 1.54) is 6.26 Å². The van der Waals surface area contributed by atoms with Crippen LogP contribution in [0.4, 0.5) is 5.69 Å². The van der Waals surface area contributed by atoms with Crippen molar-refractivity contribution in [1.29, 1.82) is 0 Å². The number of benzene rings is 1. The monoisotopic (exact) mass is 273 g/mol. The summed E-state index contributed by atoms with van der Waals surface area (Å²) in [6.07, 6.45) is 1.66. The number of ketones is 1. The van der Waals surface area contributed by atoms with Gasteiger partial charge in [-0.25, -0.2) is 0 Å². The van der Waals surface area contributed by atoms with Crippen molar-refractivity contribution in [3.05, 3.63) is 48.4 Å². The van der Waals surface area contributed by atoms with Crippen molar-refractivity contribution in [3.8, 4) is 5.75 Å². The number of nitrogens with one attached hydrogen (secondary N) is 1. The minimum atomic E-state index is -0.224. The summed E-state index contributed by atoms with van der Waals surface area (Å²) >= 11 is 0. The number of anilines is 1. The average Bonchev–Trinajstić information content (AvgIpc) is 2.99.